The third kappa shape index (κ3) is 2.26. The number of aryl methyl sites for hydroxylation is 1. The minimum atomic E-state index is -0.00560. The lowest BCUT2D eigenvalue weighted by Gasteiger charge is -2.17. The highest BCUT2D eigenvalue weighted by atomic mass is 16.1. The molecule has 1 unspecified atom stereocenters. The Kier molecular flexibility index (Phi) is 2.74. The number of hydrogen-bond acceptors (Lipinski definition) is 2. The maximum absolute atomic E-state index is 11.9. The fourth-order valence-electron chi connectivity index (χ4n) is 2.40. The Hall–Kier alpha value is -1.32. The molecule has 16 heavy (non-hydrogen) atoms. The van der Waals surface area contributed by atoms with Crippen LogP contribution >= 0.6 is 0 Å². The average Bonchev–Trinajstić information content (AvgIpc) is 2.72. The molecular weight excluding hydrogens is 202 g/mol. The summed E-state index contributed by atoms with van der Waals surface area (Å²) in [6, 6.07) is 0.316. The summed E-state index contributed by atoms with van der Waals surface area (Å²) < 4.78 is 0. The summed E-state index contributed by atoms with van der Waals surface area (Å²) in [5.41, 5.74) is 1.85. The van der Waals surface area contributed by atoms with Gasteiger partial charge in [0, 0.05) is 11.7 Å². The van der Waals surface area contributed by atoms with Gasteiger partial charge in [0.25, 0.3) is 5.91 Å². The number of rotatable bonds is 2. The second kappa shape index (κ2) is 3.92. The number of nitrogens with one attached hydrogen (secondary N) is 2. The van der Waals surface area contributed by atoms with Crippen LogP contribution < -0.4 is 5.32 Å². The van der Waals surface area contributed by atoms with E-state index in [1.165, 1.54) is 6.42 Å². The molecule has 0 bridgehead atoms. The molecule has 0 aliphatic heterocycles. The topological polar surface area (TPSA) is 57.8 Å². The molecule has 0 spiro atoms. The SMILES string of the molecule is Cc1[nH]ncc1C(=O)NC1CCC(C)(C)C1. The van der Waals surface area contributed by atoms with Gasteiger partial charge in [0.05, 0.1) is 11.8 Å². The van der Waals surface area contributed by atoms with Crippen LogP contribution in [0.15, 0.2) is 6.20 Å². The van der Waals surface area contributed by atoms with Gasteiger partial charge in [0.2, 0.25) is 0 Å². The number of H-pyrrole nitrogens is 1. The average molecular weight is 221 g/mol. The van der Waals surface area contributed by atoms with Crippen molar-refractivity contribution in [2.75, 3.05) is 0 Å². The van der Waals surface area contributed by atoms with E-state index in [2.05, 4.69) is 29.4 Å². The standard InChI is InChI=1S/C12H19N3O/c1-8-10(7-13-15-8)11(16)14-9-4-5-12(2,3)6-9/h7,9H,4-6H2,1-3H3,(H,13,15)(H,14,16). The Morgan fingerprint density at radius 2 is 2.38 bits per heavy atom. The highest BCUT2D eigenvalue weighted by Gasteiger charge is 2.32. The van der Waals surface area contributed by atoms with Gasteiger partial charge in [-0.25, -0.2) is 0 Å². The maximum Gasteiger partial charge on any atom is 0.254 e. The lowest BCUT2D eigenvalue weighted by molar-refractivity contribution is 0.0935. The molecule has 2 rings (SSSR count). The number of nitrogens with zero attached hydrogens (tertiary/aromatic N) is 1. The molecule has 1 fully saturated rings. The first-order chi connectivity index (χ1) is 7.48. The van der Waals surface area contributed by atoms with E-state index < -0.39 is 0 Å². The van der Waals surface area contributed by atoms with Gasteiger partial charge < -0.3 is 5.32 Å². The van der Waals surface area contributed by atoms with Crippen LogP contribution in [0.4, 0.5) is 0 Å². The largest absolute Gasteiger partial charge is 0.349 e. The quantitative estimate of drug-likeness (QED) is 0.802. The summed E-state index contributed by atoms with van der Waals surface area (Å²) in [4.78, 5) is 11.9. The molecule has 1 aliphatic carbocycles. The number of aromatic nitrogens is 2. The van der Waals surface area contributed by atoms with Crippen molar-refractivity contribution in [1.82, 2.24) is 15.5 Å². The summed E-state index contributed by atoms with van der Waals surface area (Å²) >= 11 is 0. The third-order valence-electron chi connectivity index (χ3n) is 3.38. The van der Waals surface area contributed by atoms with Gasteiger partial charge in [0.1, 0.15) is 0 Å². The van der Waals surface area contributed by atoms with E-state index in [1.807, 2.05) is 6.92 Å². The minimum Gasteiger partial charge on any atom is -0.349 e. The van der Waals surface area contributed by atoms with Crippen LogP contribution in [-0.2, 0) is 0 Å². The fraction of sp³-hybridized carbons (Fsp3) is 0.667. The lowest BCUT2D eigenvalue weighted by atomic mass is 9.92. The molecule has 1 amide bonds. The van der Waals surface area contributed by atoms with Crippen LogP contribution in [0.1, 0.15) is 49.2 Å². The summed E-state index contributed by atoms with van der Waals surface area (Å²) in [5, 5.41) is 9.72. The van der Waals surface area contributed by atoms with Crippen LogP contribution in [0.2, 0.25) is 0 Å². The van der Waals surface area contributed by atoms with Gasteiger partial charge in [-0.1, -0.05) is 13.8 Å². The first-order valence-corrected chi connectivity index (χ1v) is 5.79. The second-order valence-corrected chi connectivity index (χ2v) is 5.49. The van der Waals surface area contributed by atoms with E-state index in [-0.39, 0.29) is 5.91 Å². The van der Waals surface area contributed by atoms with Crippen molar-refractivity contribution < 1.29 is 4.79 Å². The number of aromatic amines is 1. The molecule has 0 radical (unpaired) electrons. The van der Waals surface area contributed by atoms with E-state index in [9.17, 15) is 4.79 Å². The number of carbonyl (C=O) groups is 1. The highest BCUT2D eigenvalue weighted by Crippen LogP contribution is 2.36. The van der Waals surface area contributed by atoms with Gasteiger partial charge >= 0.3 is 0 Å². The second-order valence-electron chi connectivity index (χ2n) is 5.49. The molecule has 1 aromatic rings. The minimum absolute atomic E-state index is 0.00560. The Morgan fingerprint density at radius 3 is 2.88 bits per heavy atom. The van der Waals surface area contributed by atoms with Crippen molar-refractivity contribution in [3.05, 3.63) is 17.5 Å². The first kappa shape index (κ1) is 11.2. The number of amides is 1. The fourth-order valence-corrected chi connectivity index (χ4v) is 2.40. The molecule has 1 aliphatic rings. The van der Waals surface area contributed by atoms with Gasteiger partial charge in [-0.15, -0.1) is 0 Å². The predicted molar refractivity (Wildman–Crippen MR) is 62.2 cm³/mol. The normalized spacial score (nSPS) is 23.3. The molecule has 4 heteroatoms. The number of hydrogen-bond donors (Lipinski definition) is 2. The van der Waals surface area contributed by atoms with E-state index in [0.29, 0.717) is 17.0 Å². The van der Waals surface area contributed by atoms with Crippen molar-refractivity contribution in [1.29, 1.82) is 0 Å². The summed E-state index contributed by atoms with van der Waals surface area (Å²) in [7, 11) is 0. The zero-order valence-electron chi connectivity index (χ0n) is 10.1. The van der Waals surface area contributed by atoms with Crippen LogP contribution in [0.3, 0.4) is 0 Å². The van der Waals surface area contributed by atoms with E-state index in [1.54, 1.807) is 6.20 Å². The zero-order valence-corrected chi connectivity index (χ0v) is 10.1. The Balaban J connectivity index is 1.97. The van der Waals surface area contributed by atoms with Crippen LogP contribution in [0, 0.1) is 12.3 Å². The summed E-state index contributed by atoms with van der Waals surface area (Å²) in [6.45, 7) is 6.37. The molecular formula is C12H19N3O. The molecule has 1 aromatic heterocycles. The van der Waals surface area contributed by atoms with Crippen molar-refractivity contribution in [3.8, 4) is 0 Å². The predicted octanol–water partition coefficient (Wildman–Crippen LogP) is 2.03. The smallest absolute Gasteiger partial charge is 0.254 e. The van der Waals surface area contributed by atoms with Crippen LogP contribution in [0.25, 0.3) is 0 Å². The van der Waals surface area contributed by atoms with E-state index in [0.717, 1.165) is 18.5 Å². The van der Waals surface area contributed by atoms with Crippen LogP contribution in [0.5, 0.6) is 0 Å². The molecule has 1 heterocycles. The molecule has 4 nitrogen and oxygen atoms in total. The monoisotopic (exact) mass is 221 g/mol. The van der Waals surface area contributed by atoms with Crippen molar-refractivity contribution in [2.45, 2.75) is 46.1 Å². The van der Waals surface area contributed by atoms with E-state index >= 15 is 0 Å². The molecule has 2 N–H and O–H groups in total. The van der Waals surface area contributed by atoms with Gasteiger partial charge in [-0.05, 0) is 31.6 Å². The van der Waals surface area contributed by atoms with Crippen molar-refractivity contribution >= 4 is 5.91 Å². The summed E-state index contributed by atoms with van der Waals surface area (Å²) in [6.07, 6.45) is 4.92. The van der Waals surface area contributed by atoms with Gasteiger partial charge in [-0.2, -0.15) is 5.10 Å². The lowest BCUT2D eigenvalue weighted by Crippen LogP contribution is -2.33. The van der Waals surface area contributed by atoms with Crippen LogP contribution in [-0.4, -0.2) is 22.1 Å². The Labute approximate surface area is 95.8 Å². The Morgan fingerprint density at radius 1 is 1.62 bits per heavy atom. The molecule has 1 saturated carbocycles. The van der Waals surface area contributed by atoms with Gasteiger partial charge in [0.15, 0.2) is 0 Å². The third-order valence-corrected chi connectivity index (χ3v) is 3.38. The van der Waals surface area contributed by atoms with Gasteiger partial charge in [-0.3, -0.25) is 9.89 Å². The number of carbonyl (C=O) groups excluding carboxylic acids is 1. The molecule has 0 saturated heterocycles. The first-order valence-electron chi connectivity index (χ1n) is 5.79. The molecule has 0 aromatic carbocycles. The zero-order chi connectivity index (χ0) is 11.8. The van der Waals surface area contributed by atoms with Crippen molar-refractivity contribution in [2.24, 2.45) is 5.41 Å². The maximum atomic E-state index is 11.9. The summed E-state index contributed by atoms with van der Waals surface area (Å²) in [5.74, 6) is -0.00560. The Bertz CT molecular complexity index is 395. The highest BCUT2D eigenvalue weighted by molar-refractivity contribution is 5.95. The molecule has 88 valence electrons. The molecule has 1 atom stereocenters. The van der Waals surface area contributed by atoms with E-state index in [4.69, 9.17) is 0 Å². The van der Waals surface area contributed by atoms with Crippen molar-refractivity contribution in [3.63, 3.8) is 0 Å².